The molecule has 0 radical (unpaired) electrons. The van der Waals surface area contributed by atoms with E-state index in [2.05, 4.69) is 20.9 Å². The number of nitrogens with two attached hydrogens (primary N) is 1. The van der Waals surface area contributed by atoms with Gasteiger partial charge in [-0.15, -0.1) is 0 Å². The van der Waals surface area contributed by atoms with Crippen LogP contribution in [0.1, 0.15) is 18.7 Å². The topological polar surface area (TPSA) is 57.4 Å². The molecule has 0 saturated heterocycles. The van der Waals surface area contributed by atoms with Crippen LogP contribution in [0.2, 0.25) is 0 Å². The first kappa shape index (κ1) is 13.8. The molecule has 0 saturated carbocycles. The van der Waals surface area contributed by atoms with Gasteiger partial charge in [-0.1, -0.05) is 0 Å². The summed E-state index contributed by atoms with van der Waals surface area (Å²) in [5.41, 5.74) is 6.58. The van der Waals surface area contributed by atoms with Crippen LogP contribution in [0.4, 0.5) is 0 Å². The number of ether oxygens (including phenoxy) is 2. The standard InChI is InChI=1S/C14H15BrN2O2/c1-9(16)13-5-3-11(8-17-13)19-14-6-4-10(18-2)7-12(14)15/h3-9H,16H2,1-2H3. The van der Waals surface area contributed by atoms with E-state index in [1.165, 1.54) is 0 Å². The van der Waals surface area contributed by atoms with Gasteiger partial charge in [0.25, 0.3) is 0 Å². The Hall–Kier alpha value is -1.59. The maximum Gasteiger partial charge on any atom is 0.145 e. The summed E-state index contributed by atoms with van der Waals surface area (Å²) in [6, 6.07) is 9.15. The monoisotopic (exact) mass is 322 g/mol. The minimum Gasteiger partial charge on any atom is -0.497 e. The molecule has 100 valence electrons. The van der Waals surface area contributed by atoms with Crippen LogP contribution < -0.4 is 15.2 Å². The summed E-state index contributed by atoms with van der Waals surface area (Å²) in [7, 11) is 1.62. The van der Waals surface area contributed by atoms with E-state index in [9.17, 15) is 0 Å². The van der Waals surface area contributed by atoms with Crippen LogP contribution in [0.5, 0.6) is 17.2 Å². The Balaban J connectivity index is 2.16. The lowest BCUT2D eigenvalue weighted by Gasteiger charge is -2.10. The molecule has 1 aromatic heterocycles. The van der Waals surface area contributed by atoms with Crippen molar-refractivity contribution in [3.63, 3.8) is 0 Å². The second-order valence-corrected chi connectivity index (χ2v) is 4.96. The maximum atomic E-state index is 5.75. The Kier molecular flexibility index (Phi) is 4.39. The fraction of sp³-hybridized carbons (Fsp3) is 0.214. The molecule has 0 aliphatic rings. The molecule has 0 bridgehead atoms. The molecule has 1 unspecified atom stereocenters. The Morgan fingerprint density at radius 2 is 1.95 bits per heavy atom. The minimum absolute atomic E-state index is 0.0817. The molecule has 0 amide bonds. The van der Waals surface area contributed by atoms with Crippen LogP contribution in [0.3, 0.4) is 0 Å². The molecule has 4 nitrogen and oxygen atoms in total. The molecule has 0 fully saturated rings. The zero-order valence-corrected chi connectivity index (χ0v) is 12.3. The van der Waals surface area contributed by atoms with E-state index in [0.717, 1.165) is 15.9 Å². The smallest absolute Gasteiger partial charge is 0.145 e. The van der Waals surface area contributed by atoms with Gasteiger partial charge in [-0.2, -0.15) is 0 Å². The molecule has 0 spiro atoms. The summed E-state index contributed by atoms with van der Waals surface area (Å²) in [5.74, 6) is 2.14. The highest BCUT2D eigenvalue weighted by atomic mass is 79.9. The van der Waals surface area contributed by atoms with Crippen molar-refractivity contribution in [3.8, 4) is 17.2 Å². The SMILES string of the molecule is COc1ccc(Oc2ccc(C(C)N)nc2)c(Br)c1. The lowest BCUT2D eigenvalue weighted by molar-refractivity contribution is 0.412. The Morgan fingerprint density at radius 3 is 2.47 bits per heavy atom. The summed E-state index contributed by atoms with van der Waals surface area (Å²) < 4.78 is 11.7. The normalized spacial score (nSPS) is 12.0. The highest BCUT2D eigenvalue weighted by Gasteiger charge is 2.06. The van der Waals surface area contributed by atoms with Crippen molar-refractivity contribution in [1.82, 2.24) is 4.98 Å². The van der Waals surface area contributed by atoms with Crippen molar-refractivity contribution < 1.29 is 9.47 Å². The maximum absolute atomic E-state index is 5.75. The molecular formula is C14H15BrN2O2. The van der Waals surface area contributed by atoms with Gasteiger partial charge in [-0.3, -0.25) is 4.98 Å². The fourth-order valence-corrected chi connectivity index (χ4v) is 1.98. The summed E-state index contributed by atoms with van der Waals surface area (Å²) in [6.07, 6.45) is 1.66. The largest absolute Gasteiger partial charge is 0.497 e. The number of hydrogen-bond acceptors (Lipinski definition) is 4. The van der Waals surface area contributed by atoms with Crippen LogP contribution in [0.25, 0.3) is 0 Å². The predicted octanol–water partition coefficient (Wildman–Crippen LogP) is 3.66. The summed E-state index contributed by atoms with van der Waals surface area (Å²) in [6.45, 7) is 1.89. The number of nitrogens with zero attached hydrogens (tertiary/aromatic N) is 1. The summed E-state index contributed by atoms with van der Waals surface area (Å²) in [4.78, 5) is 4.25. The van der Waals surface area contributed by atoms with Crippen molar-refractivity contribution >= 4 is 15.9 Å². The van der Waals surface area contributed by atoms with Gasteiger partial charge in [-0.05, 0) is 53.2 Å². The number of methoxy groups -OCH3 is 1. The van der Waals surface area contributed by atoms with Gasteiger partial charge in [0.15, 0.2) is 0 Å². The van der Waals surface area contributed by atoms with E-state index in [-0.39, 0.29) is 6.04 Å². The molecule has 2 N–H and O–H groups in total. The van der Waals surface area contributed by atoms with Crippen LogP contribution in [0, 0.1) is 0 Å². The molecule has 5 heteroatoms. The third-order valence-corrected chi connectivity index (χ3v) is 3.21. The Morgan fingerprint density at radius 1 is 1.21 bits per heavy atom. The summed E-state index contributed by atoms with van der Waals surface area (Å²) >= 11 is 3.44. The molecule has 2 aromatic rings. The molecule has 2 rings (SSSR count). The van der Waals surface area contributed by atoms with Crippen LogP contribution in [-0.4, -0.2) is 12.1 Å². The van der Waals surface area contributed by atoms with E-state index in [0.29, 0.717) is 11.5 Å². The zero-order chi connectivity index (χ0) is 13.8. The number of pyridine rings is 1. The van der Waals surface area contributed by atoms with Crippen molar-refractivity contribution in [2.24, 2.45) is 5.73 Å². The Labute approximate surface area is 120 Å². The highest BCUT2D eigenvalue weighted by Crippen LogP contribution is 2.32. The van der Waals surface area contributed by atoms with Gasteiger partial charge in [0, 0.05) is 6.04 Å². The number of rotatable bonds is 4. The predicted molar refractivity (Wildman–Crippen MR) is 77.6 cm³/mol. The van der Waals surface area contributed by atoms with Crippen LogP contribution >= 0.6 is 15.9 Å². The van der Waals surface area contributed by atoms with E-state index in [1.54, 1.807) is 13.3 Å². The zero-order valence-electron chi connectivity index (χ0n) is 10.8. The number of aromatic nitrogens is 1. The lowest BCUT2D eigenvalue weighted by atomic mass is 10.2. The van der Waals surface area contributed by atoms with Gasteiger partial charge in [0.05, 0.1) is 23.5 Å². The van der Waals surface area contributed by atoms with Crippen molar-refractivity contribution in [3.05, 3.63) is 46.7 Å². The van der Waals surface area contributed by atoms with Crippen molar-refractivity contribution in [2.75, 3.05) is 7.11 Å². The third-order valence-electron chi connectivity index (χ3n) is 2.59. The Bertz CT molecular complexity index is 556. The highest BCUT2D eigenvalue weighted by molar-refractivity contribution is 9.10. The van der Waals surface area contributed by atoms with Gasteiger partial charge in [0.1, 0.15) is 17.2 Å². The van der Waals surface area contributed by atoms with Gasteiger partial charge >= 0.3 is 0 Å². The average molecular weight is 323 g/mol. The van der Waals surface area contributed by atoms with E-state index >= 15 is 0 Å². The van der Waals surface area contributed by atoms with Gasteiger partial charge < -0.3 is 15.2 Å². The van der Waals surface area contributed by atoms with Crippen molar-refractivity contribution in [2.45, 2.75) is 13.0 Å². The summed E-state index contributed by atoms with van der Waals surface area (Å²) in [5, 5.41) is 0. The number of halogens is 1. The average Bonchev–Trinajstić information content (AvgIpc) is 2.41. The van der Waals surface area contributed by atoms with E-state index in [4.69, 9.17) is 15.2 Å². The quantitative estimate of drug-likeness (QED) is 0.933. The molecule has 1 aromatic carbocycles. The lowest BCUT2D eigenvalue weighted by Crippen LogP contribution is -2.06. The van der Waals surface area contributed by atoms with E-state index < -0.39 is 0 Å². The third kappa shape index (κ3) is 3.45. The van der Waals surface area contributed by atoms with E-state index in [1.807, 2.05) is 37.3 Å². The molecule has 0 aliphatic carbocycles. The van der Waals surface area contributed by atoms with Crippen molar-refractivity contribution in [1.29, 1.82) is 0 Å². The van der Waals surface area contributed by atoms with Gasteiger partial charge in [0.2, 0.25) is 0 Å². The van der Waals surface area contributed by atoms with Crippen LogP contribution in [0.15, 0.2) is 41.0 Å². The van der Waals surface area contributed by atoms with Crippen LogP contribution in [-0.2, 0) is 0 Å². The molecule has 1 atom stereocenters. The first-order valence-electron chi connectivity index (χ1n) is 5.83. The molecular weight excluding hydrogens is 308 g/mol. The second-order valence-electron chi connectivity index (χ2n) is 4.11. The first-order valence-corrected chi connectivity index (χ1v) is 6.62. The molecule has 19 heavy (non-hydrogen) atoms. The van der Waals surface area contributed by atoms with Gasteiger partial charge in [-0.25, -0.2) is 0 Å². The number of benzene rings is 1. The molecule has 1 heterocycles. The first-order chi connectivity index (χ1) is 9.10. The minimum atomic E-state index is -0.0817. The molecule has 0 aliphatic heterocycles. The second kappa shape index (κ2) is 6.04. The fourth-order valence-electron chi connectivity index (χ4n) is 1.54. The number of hydrogen-bond donors (Lipinski definition) is 1.